The summed E-state index contributed by atoms with van der Waals surface area (Å²) in [6, 6.07) is 41.9. The van der Waals surface area contributed by atoms with Gasteiger partial charge in [-0.05, 0) is 106 Å². The number of nitrogens with zero attached hydrogens (tertiary/aromatic N) is 2. The summed E-state index contributed by atoms with van der Waals surface area (Å²) in [6.07, 6.45) is 2.53. The molecule has 2 heterocycles. The monoisotopic (exact) mass is 946 g/mol. The van der Waals surface area contributed by atoms with Gasteiger partial charge in [-0.1, -0.05) is 168 Å². The topological polar surface area (TPSA) is 95.9 Å². The first-order valence-corrected chi connectivity index (χ1v) is 24.9. The van der Waals surface area contributed by atoms with Crippen molar-refractivity contribution >= 4 is 61.7 Å². The third kappa shape index (κ3) is 9.95. The van der Waals surface area contributed by atoms with E-state index >= 15 is 0 Å². The number of hydrogen-bond acceptors (Lipinski definition) is 7. The fourth-order valence-electron chi connectivity index (χ4n) is 8.93. The zero-order valence-corrected chi connectivity index (χ0v) is 44.0. The second kappa shape index (κ2) is 18.5. The molecule has 0 radical (unpaired) electrons. The standard InChI is InChI=1S/C48H44N2O2S.C15H22O2/c1-28-20-21-29(2)37(22-28)30-24-38(35-17-13-16-34-33-14-10-12-19-41(33)52-45(34)35)43-42(25-30)53-46(50-43)36-15-9-11-18-40(36)49-27-31-23-32(47(3,4)5)26-39(44(31)51)48(6,7)8;1-14(2,3)11-7-10(9-16)13(17)12(8-11)15(4,5)6/h9-27,51H,1-8H3;7-9,17H,1-6H3. The van der Waals surface area contributed by atoms with E-state index in [0.29, 0.717) is 11.1 Å². The Morgan fingerprint density at radius 3 is 1.80 bits per heavy atom. The van der Waals surface area contributed by atoms with Crippen LogP contribution in [0.2, 0.25) is 0 Å². The van der Waals surface area contributed by atoms with Crippen molar-refractivity contribution in [2.24, 2.45) is 4.99 Å². The highest BCUT2D eigenvalue weighted by Crippen LogP contribution is 2.45. The Bertz CT molecular complexity index is 3490. The number of carbonyl (C=O) groups is 1. The third-order valence-electron chi connectivity index (χ3n) is 13.1. The summed E-state index contributed by atoms with van der Waals surface area (Å²) in [4.78, 5) is 21.4. The molecule has 0 saturated carbocycles. The number of fused-ring (bicyclic) bond motifs is 4. The molecule has 0 amide bonds. The largest absolute Gasteiger partial charge is 0.507 e. The van der Waals surface area contributed by atoms with Gasteiger partial charge < -0.3 is 14.6 Å². The summed E-state index contributed by atoms with van der Waals surface area (Å²) in [5.74, 6) is 0.385. The van der Waals surface area contributed by atoms with Gasteiger partial charge in [-0.25, -0.2) is 4.98 Å². The summed E-state index contributed by atoms with van der Waals surface area (Å²) in [6.45, 7) is 29.7. The summed E-state index contributed by atoms with van der Waals surface area (Å²) in [7, 11) is 0. The number of phenols is 2. The Balaban J connectivity index is 0.000000329. The molecule has 7 aromatic carbocycles. The van der Waals surface area contributed by atoms with Gasteiger partial charge in [-0.15, -0.1) is 11.3 Å². The quantitative estimate of drug-likeness (QED) is 0.128. The lowest BCUT2D eigenvalue weighted by Crippen LogP contribution is -2.17. The number of aldehydes is 1. The molecule has 6 nitrogen and oxygen atoms in total. The van der Waals surface area contributed by atoms with Crippen LogP contribution in [0.3, 0.4) is 0 Å². The number of aromatic hydroxyl groups is 2. The van der Waals surface area contributed by atoms with Crippen LogP contribution in [0, 0.1) is 13.8 Å². The van der Waals surface area contributed by atoms with Crippen LogP contribution in [0.1, 0.15) is 132 Å². The smallest absolute Gasteiger partial charge is 0.153 e. The number of para-hydroxylation sites is 3. The van der Waals surface area contributed by atoms with Crippen LogP contribution in [-0.2, 0) is 21.7 Å². The fraction of sp³-hybridized carbons (Fsp3) is 0.286. The van der Waals surface area contributed by atoms with Crippen molar-refractivity contribution in [2.75, 3.05) is 0 Å². The molecule has 0 bridgehead atoms. The number of aliphatic imine (C=N–C) groups is 1. The van der Waals surface area contributed by atoms with Gasteiger partial charge in [-0.3, -0.25) is 9.79 Å². The average molecular weight is 947 g/mol. The molecule has 0 spiro atoms. The number of phenolic OH excluding ortho intramolecular Hbond substituents is 2. The first kappa shape index (κ1) is 49.6. The normalized spacial score (nSPS) is 12.5. The van der Waals surface area contributed by atoms with E-state index in [-0.39, 0.29) is 33.2 Å². The predicted molar refractivity (Wildman–Crippen MR) is 296 cm³/mol. The molecule has 0 fully saturated rings. The van der Waals surface area contributed by atoms with E-state index in [0.717, 1.165) is 93.6 Å². The van der Waals surface area contributed by atoms with Crippen molar-refractivity contribution in [2.45, 2.75) is 119 Å². The van der Waals surface area contributed by atoms with Gasteiger partial charge in [0, 0.05) is 50.4 Å². The van der Waals surface area contributed by atoms with E-state index in [9.17, 15) is 15.0 Å². The first-order chi connectivity index (χ1) is 32.8. The number of aromatic nitrogens is 1. The highest BCUT2D eigenvalue weighted by atomic mass is 32.1. The van der Waals surface area contributed by atoms with Gasteiger partial charge in [-0.2, -0.15) is 0 Å². The van der Waals surface area contributed by atoms with E-state index in [2.05, 4.69) is 155 Å². The van der Waals surface area contributed by atoms with E-state index < -0.39 is 0 Å². The molecule has 9 rings (SSSR count). The van der Waals surface area contributed by atoms with Crippen LogP contribution in [0.15, 0.2) is 131 Å². The Labute approximate surface area is 417 Å². The minimum absolute atomic E-state index is 0.0362. The summed E-state index contributed by atoms with van der Waals surface area (Å²) < 4.78 is 7.65. The third-order valence-corrected chi connectivity index (χ3v) is 14.2. The summed E-state index contributed by atoms with van der Waals surface area (Å²) >= 11 is 1.67. The lowest BCUT2D eigenvalue weighted by atomic mass is 9.79. The first-order valence-electron chi connectivity index (χ1n) is 24.1. The number of aryl methyl sites for hydroxylation is 2. The molecule has 0 aliphatic carbocycles. The molecule has 358 valence electrons. The average Bonchev–Trinajstić information content (AvgIpc) is 3.90. The second-order valence-electron chi connectivity index (χ2n) is 22.8. The molecule has 9 aromatic rings. The second-order valence-corrected chi connectivity index (χ2v) is 23.8. The van der Waals surface area contributed by atoms with Gasteiger partial charge in [0.05, 0.1) is 21.5 Å². The molecule has 2 N–H and O–H groups in total. The number of benzene rings is 7. The predicted octanol–water partition coefficient (Wildman–Crippen LogP) is 17.7. The van der Waals surface area contributed by atoms with Gasteiger partial charge >= 0.3 is 0 Å². The number of thiazole rings is 1. The molecule has 7 heteroatoms. The fourth-order valence-corrected chi connectivity index (χ4v) is 10.00. The molecule has 70 heavy (non-hydrogen) atoms. The Morgan fingerprint density at radius 2 is 1.16 bits per heavy atom. The maximum atomic E-state index is 11.5. The maximum absolute atomic E-state index is 11.5. The van der Waals surface area contributed by atoms with Crippen molar-refractivity contribution in [1.82, 2.24) is 4.98 Å². The minimum atomic E-state index is -0.229. The number of hydrogen-bond donors (Lipinski definition) is 2. The van der Waals surface area contributed by atoms with Crippen LogP contribution in [0.25, 0.3) is 65.0 Å². The molecule has 0 unspecified atom stereocenters. The lowest BCUT2D eigenvalue weighted by molar-refractivity contribution is 0.112. The van der Waals surface area contributed by atoms with E-state index in [4.69, 9.17) is 14.4 Å². The highest BCUT2D eigenvalue weighted by Gasteiger charge is 2.27. The molecule has 0 saturated heterocycles. The maximum Gasteiger partial charge on any atom is 0.153 e. The van der Waals surface area contributed by atoms with Crippen molar-refractivity contribution in [3.05, 3.63) is 166 Å². The van der Waals surface area contributed by atoms with Crippen molar-refractivity contribution < 1.29 is 19.4 Å². The lowest BCUT2D eigenvalue weighted by Gasteiger charge is -2.27. The van der Waals surface area contributed by atoms with Crippen molar-refractivity contribution in [3.8, 4) is 44.3 Å². The van der Waals surface area contributed by atoms with Gasteiger partial charge in [0.15, 0.2) is 6.29 Å². The molecule has 0 atom stereocenters. The van der Waals surface area contributed by atoms with Gasteiger partial charge in [0.1, 0.15) is 27.7 Å². The van der Waals surface area contributed by atoms with Gasteiger partial charge in [0.2, 0.25) is 0 Å². The number of carbonyl (C=O) groups excluding carboxylic acids is 1. The van der Waals surface area contributed by atoms with E-state index in [1.807, 2.05) is 57.2 Å². The molecule has 2 aromatic heterocycles. The van der Waals surface area contributed by atoms with Gasteiger partial charge in [0.25, 0.3) is 0 Å². The van der Waals surface area contributed by atoms with Crippen molar-refractivity contribution in [1.29, 1.82) is 0 Å². The zero-order valence-electron chi connectivity index (χ0n) is 43.2. The Hall–Kier alpha value is -6.83. The Morgan fingerprint density at radius 1 is 0.571 bits per heavy atom. The summed E-state index contributed by atoms with van der Waals surface area (Å²) in [5, 5.41) is 24.6. The minimum Gasteiger partial charge on any atom is -0.507 e. The van der Waals surface area contributed by atoms with Crippen LogP contribution in [-0.4, -0.2) is 27.7 Å². The molecule has 0 aliphatic rings. The summed E-state index contributed by atoms with van der Waals surface area (Å²) in [5.41, 5.74) is 15.8. The van der Waals surface area contributed by atoms with Crippen LogP contribution in [0.5, 0.6) is 11.5 Å². The van der Waals surface area contributed by atoms with E-state index in [1.54, 1.807) is 23.6 Å². The van der Waals surface area contributed by atoms with Crippen LogP contribution in [0.4, 0.5) is 5.69 Å². The molecule has 0 aliphatic heterocycles. The number of rotatable bonds is 6. The highest BCUT2D eigenvalue weighted by molar-refractivity contribution is 7.21. The van der Waals surface area contributed by atoms with E-state index in [1.165, 1.54) is 16.7 Å². The van der Waals surface area contributed by atoms with Crippen LogP contribution >= 0.6 is 11.3 Å². The van der Waals surface area contributed by atoms with Crippen LogP contribution < -0.4 is 0 Å². The zero-order chi connectivity index (χ0) is 50.7. The Kier molecular flexibility index (Phi) is 13.1. The van der Waals surface area contributed by atoms with Crippen molar-refractivity contribution in [3.63, 3.8) is 0 Å². The SMILES string of the molecule is CC(C)(C)c1cc(C=O)c(O)c(C(C)(C)C)c1.Cc1ccc(C)c(-c2cc(-c3cccc4c3oc3ccccc34)c3nc(-c4ccccc4N=Cc4cc(C(C)(C)C)cc(C(C)(C)C)c4O)sc3c2)c1. The molecular formula is C63H66N2O4S. The molecular weight excluding hydrogens is 881 g/mol. The number of furan rings is 1.